The second-order valence-electron chi connectivity index (χ2n) is 7.54. The van der Waals surface area contributed by atoms with E-state index in [1.165, 1.54) is 12.1 Å². The fourth-order valence-electron chi connectivity index (χ4n) is 4.15. The maximum Gasteiger partial charge on any atom is 0.258 e. The highest BCUT2D eigenvalue weighted by atomic mass is 79.9. The highest BCUT2D eigenvalue weighted by Crippen LogP contribution is 2.41. The third-order valence-electron chi connectivity index (χ3n) is 5.69. The SMILES string of the molecule is COc1ccc([C@H](C)N2C(=O)c3c(C)nc(N)nc3C[C@@H]2c2ccc(F)cc2Br)cc1. The quantitative estimate of drug-likeness (QED) is 0.576. The lowest BCUT2D eigenvalue weighted by Gasteiger charge is -2.41. The van der Waals surface area contributed by atoms with Gasteiger partial charge in [0, 0.05) is 10.9 Å². The van der Waals surface area contributed by atoms with Crippen LogP contribution in [0.25, 0.3) is 0 Å². The van der Waals surface area contributed by atoms with Gasteiger partial charge in [-0.05, 0) is 49.2 Å². The van der Waals surface area contributed by atoms with Crippen molar-refractivity contribution in [2.45, 2.75) is 32.4 Å². The molecular weight excluding hydrogens is 463 g/mol. The Labute approximate surface area is 188 Å². The number of hydrogen-bond acceptors (Lipinski definition) is 5. The Bertz CT molecular complexity index is 1150. The van der Waals surface area contributed by atoms with E-state index < -0.39 is 0 Å². The van der Waals surface area contributed by atoms with Crippen LogP contribution in [0, 0.1) is 12.7 Å². The summed E-state index contributed by atoms with van der Waals surface area (Å²) in [6.07, 6.45) is 0.444. The van der Waals surface area contributed by atoms with Gasteiger partial charge < -0.3 is 15.4 Å². The number of rotatable bonds is 4. The number of benzene rings is 2. The van der Waals surface area contributed by atoms with Crippen LogP contribution < -0.4 is 10.5 Å². The second kappa shape index (κ2) is 8.26. The number of ether oxygens (including phenoxy) is 1. The predicted molar refractivity (Wildman–Crippen MR) is 119 cm³/mol. The zero-order valence-electron chi connectivity index (χ0n) is 17.4. The van der Waals surface area contributed by atoms with Crippen LogP contribution in [0.1, 0.15) is 51.9 Å². The molecule has 1 aromatic heterocycles. The van der Waals surface area contributed by atoms with Crippen molar-refractivity contribution in [1.82, 2.24) is 14.9 Å². The minimum atomic E-state index is -0.360. The maximum atomic E-state index is 13.8. The van der Waals surface area contributed by atoms with Gasteiger partial charge in [0.25, 0.3) is 5.91 Å². The molecule has 0 unspecified atom stereocenters. The van der Waals surface area contributed by atoms with E-state index in [0.29, 0.717) is 27.8 Å². The van der Waals surface area contributed by atoms with Gasteiger partial charge in [0.1, 0.15) is 11.6 Å². The first-order valence-corrected chi connectivity index (χ1v) is 10.6. The van der Waals surface area contributed by atoms with Gasteiger partial charge in [-0.1, -0.05) is 34.1 Å². The predicted octanol–water partition coefficient (Wildman–Crippen LogP) is 4.78. The normalized spacial score (nSPS) is 16.7. The number of methoxy groups -OCH3 is 1. The molecule has 0 spiro atoms. The van der Waals surface area contributed by atoms with Crippen molar-refractivity contribution in [3.8, 4) is 5.75 Å². The number of aromatic nitrogens is 2. The van der Waals surface area contributed by atoms with Gasteiger partial charge in [-0.25, -0.2) is 14.4 Å². The summed E-state index contributed by atoms with van der Waals surface area (Å²) in [5.41, 5.74) is 9.25. The molecule has 2 N–H and O–H groups in total. The molecule has 31 heavy (non-hydrogen) atoms. The minimum absolute atomic E-state index is 0.137. The number of aryl methyl sites for hydroxylation is 1. The average molecular weight is 485 g/mol. The number of halogens is 2. The number of amides is 1. The summed E-state index contributed by atoms with van der Waals surface area (Å²) in [6, 6.07) is 11.5. The average Bonchev–Trinajstić information content (AvgIpc) is 2.72. The van der Waals surface area contributed by atoms with Crippen molar-refractivity contribution in [2.75, 3.05) is 12.8 Å². The van der Waals surface area contributed by atoms with Crippen molar-refractivity contribution in [3.63, 3.8) is 0 Å². The number of carbonyl (C=O) groups is 1. The maximum absolute atomic E-state index is 13.8. The van der Waals surface area contributed by atoms with Gasteiger partial charge in [0.15, 0.2) is 0 Å². The number of hydrogen-bond donors (Lipinski definition) is 1. The van der Waals surface area contributed by atoms with Gasteiger partial charge in [0.2, 0.25) is 5.95 Å². The van der Waals surface area contributed by atoms with Crippen molar-refractivity contribution >= 4 is 27.8 Å². The Morgan fingerprint density at radius 2 is 1.94 bits per heavy atom. The van der Waals surface area contributed by atoms with E-state index in [1.807, 2.05) is 36.1 Å². The van der Waals surface area contributed by atoms with Crippen LogP contribution in [0.15, 0.2) is 46.9 Å². The number of nitrogen functional groups attached to an aromatic ring is 1. The number of anilines is 1. The standard InChI is InChI=1S/C23H22BrFN4O2/c1-12-21-19(28-23(26)27-12)11-20(17-9-6-15(25)10-18(17)24)29(22(21)30)13(2)14-4-7-16(31-3)8-5-14/h4-10,13,20H,11H2,1-3H3,(H2,26,27,28)/t13-,20+/m0/s1. The molecule has 8 heteroatoms. The highest BCUT2D eigenvalue weighted by molar-refractivity contribution is 9.10. The van der Waals surface area contributed by atoms with Crippen LogP contribution in [0.4, 0.5) is 10.3 Å². The summed E-state index contributed by atoms with van der Waals surface area (Å²) in [4.78, 5) is 24.1. The van der Waals surface area contributed by atoms with E-state index in [0.717, 1.165) is 16.9 Å². The fourth-order valence-corrected chi connectivity index (χ4v) is 4.77. The zero-order valence-corrected chi connectivity index (χ0v) is 19.0. The molecule has 2 aromatic carbocycles. The molecule has 6 nitrogen and oxygen atoms in total. The number of carbonyl (C=O) groups excluding carboxylic acids is 1. The molecular formula is C23H22BrFN4O2. The smallest absolute Gasteiger partial charge is 0.258 e. The van der Waals surface area contributed by atoms with Crippen LogP contribution in [0.2, 0.25) is 0 Å². The van der Waals surface area contributed by atoms with Gasteiger partial charge in [-0.15, -0.1) is 0 Å². The minimum Gasteiger partial charge on any atom is -0.497 e. The molecule has 2 atom stereocenters. The molecule has 2 heterocycles. The fraction of sp³-hybridized carbons (Fsp3) is 0.261. The largest absolute Gasteiger partial charge is 0.497 e. The Morgan fingerprint density at radius 1 is 1.23 bits per heavy atom. The molecule has 3 aromatic rings. The first-order chi connectivity index (χ1) is 14.8. The number of nitrogens with two attached hydrogens (primary N) is 1. The molecule has 4 rings (SSSR count). The van der Waals surface area contributed by atoms with Crippen molar-refractivity contribution in [2.24, 2.45) is 0 Å². The lowest BCUT2D eigenvalue weighted by atomic mass is 9.89. The molecule has 0 bridgehead atoms. The van der Waals surface area contributed by atoms with E-state index in [9.17, 15) is 9.18 Å². The van der Waals surface area contributed by atoms with Gasteiger partial charge in [0.05, 0.1) is 36.1 Å². The van der Waals surface area contributed by atoms with E-state index >= 15 is 0 Å². The Kier molecular flexibility index (Phi) is 5.66. The number of fused-ring (bicyclic) bond motifs is 1. The van der Waals surface area contributed by atoms with Crippen LogP contribution >= 0.6 is 15.9 Å². The summed E-state index contributed by atoms with van der Waals surface area (Å²) in [5, 5.41) is 0. The van der Waals surface area contributed by atoms with Gasteiger partial charge >= 0.3 is 0 Å². The first-order valence-electron chi connectivity index (χ1n) is 9.84. The van der Waals surface area contributed by atoms with Crippen LogP contribution in [0.3, 0.4) is 0 Å². The molecule has 0 fully saturated rings. The molecule has 1 amide bonds. The summed E-state index contributed by atoms with van der Waals surface area (Å²) in [7, 11) is 1.61. The van der Waals surface area contributed by atoms with Crippen molar-refractivity contribution < 1.29 is 13.9 Å². The summed E-state index contributed by atoms with van der Waals surface area (Å²) in [5.74, 6) is 0.347. The Hall–Kier alpha value is -3.00. The topological polar surface area (TPSA) is 81.3 Å². The van der Waals surface area contributed by atoms with Crippen LogP contribution in [-0.4, -0.2) is 27.9 Å². The van der Waals surface area contributed by atoms with Gasteiger partial charge in [-0.3, -0.25) is 4.79 Å². The summed E-state index contributed by atoms with van der Waals surface area (Å²) >= 11 is 3.47. The lowest BCUT2D eigenvalue weighted by molar-refractivity contribution is 0.0545. The Morgan fingerprint density at radius 3 is 2.58 bits per heavy atom. The third-order valence-corrected chi connectivity index (χ3v) is 6.38. The third kappa shape index (κ3) is 3.87. The second-order valence-corrected chi connectivity index (χ2v) is 8.39. The summed E-state index contributed by atoms with van der Waals surface area (Å²) < 4.78 is 19.6. The molecule has 160 valence electrons. The number of nitrogens with zero attached hydrogens (tertiary/aromatic N) is 3. The van der Waals surface area contributed by atoms with Crippen LogP contribution in [0.5, 0.6) is 5.75 Å². The van der Waals surface area contributed by atoms with Crippen molar-refractivity contribution in [1.29, 1.82) is 0 Å². The van der Waals surface area contributed by atoms with E-state index in [1.54, 1.807) is 20.1 Å². The van der Waals surface area contributed by atoms with E-state index in [-0.39, 0.29) is 29.8 Å². The van der Waals surface area contributed by atoms with Crippen LogP contribution in [-0.2, 0) is 6.42 Å². The lowest BCUT2D eigenvalue weighted by Crippen LogP contribution is -2.43. The summed E-state index contributed by atoms with van der Waals surface area (Å²) in [6.45, 7) is 3.74. The molecule has 0 saturated heterocycles. The zero-order chi connectivity index (χ0) is 22.3. The first kappa shape index (κ1) is 21.2. The molecule has 1 aliphatic rings. The molecule has 0 saturated carbocycles. The Balaban J connectivity index is 1.85. The van der Waals surface area contributed by atoms with E-state index in [4.69, 9.17) is 10.5 Å². The van der Waals surface area contributed by atoms with Crippen molar-refractivity contribution in [3.05, 3.63) is 80.8 Å². The highest BCUT2D eigenvalue weighted by Gasteiger charge is 2.39. The van der Waals surface area contributed by atoms with Gasteiger partial charge in [-0.2, -0.15) is 0 Å². The molecule has 0 radical (unpaired) electrons. The monoisotopic (exact) mass is 484 g/mol. The molecule has 1 aliphatic heterocycles. The molecule has 0 aliphatic carbocycles. The van der Waals surface area contributed by atoms with E-state index in [2.05, 4.69) is 25.9 Å².